The molecular weight excluding hydrogens is 519 g/mol. The smallest absolute Gasteiger partial charge is 0.251 e. The van der Waals surface area contributed by atoms with E-state index in [1.165, 1.54) is 5.56 Å². The number of nitrogens with one attached hydrogen (secondary N) is 3. The minimum Gasteiger partial charge on any atom is -0.494 e. The summed E-state index contributed by atoms with van der Waals surface area (Å²) in [6, 6.07) is 13.4. The van der Waals surface area contributed by atoms with Crippen molar-refractivity contribution in [3.05, 3.63) is 59.2 Å². The minimum absolute atomic E-state index is 0. The first-order chi connectivity index (χ1) is 15.1. The van der Waals surface area contributed by atoms with Crippen molar-refractivity contribution in [1.29, 1.82) is 0 Å². The van der Waals surface area contributed by atoms with Gasteiger partial charge in [-0.05, 0) is 44.5 Å². The summed E-state index contributed by atoms with van der Waals surface area (Å²) in [5.74, 6) is 2.46. The highest BCUT2D eigenvalue weighted by atomic mass is 127. The van der Waals surface area contributed by atoms with Crippen LogP contribution in [0.25, 0.3) is 0 Å². The number of amides is 1. The highest BCUT2D eigenvalue weighted by Crippen LogP contribution is 2.35. The summed E-state index contributed by atoms with van der Waals surface area (Å²) >= 11 is 0. The van der Waals surface area contributed by atoms with Crippen LogP contribution in [0.3, 0.4) is 0 Å². The van der Waals surface area contributed by atoms with Crippen molar-refractivity contribution >= 4 is 35.8 Å². The van der Waals surface area contributed by atoms with Gasteiger partial charge in [-0.1, -0.05) is 18.2 Å². The fraction of sp³-hybridized carbons (Fsp3) is 0.417. The van der Waals surface area contributed by atoms with E-state index in [4.69, 9.17) is 9.47 Å². The Labute approximate surface area is 207 Å². The van der Waals surface area contributed by atoms with E-state index in [2.05, 4.69) is 40.0 Å². The van der Waals surface area contributed by atoms with E-state index in [9.17, 15) is 4.79 Å². The lowest BCUT2D eigenvalue weighted by molar-refractivity contribution is 0.0953. The lowest BCUT2D eigenvalue weighted by atomic mass is 10.1. The van der Waals surface area contributed by atoms with E-state index >= 15 is 0 Å². The van der Waals surface area contributed by atoms with Crippen molar-refractivity contribution in [1.82, 2.24) is 16.0 Å². The van der Waals surface area contributed by atoms with Gasteiger partial charge in [0.2, 0.25) is 0 Å². The van der Waals surface area contributed by atoms with Crippen LogP contribution in [0.1, 0.15) is 41.8 Å². The normalized spacial score (nSPS) is 14.6. The van der Waals surface area contributed by atoms with Crippen molar-refractivity contribution in [2.75, 3.05) is 26.7 Å². The fourth-order valence-corrected chi connectivity index (χ4v) is 3.50. The molecule has 0 fully saturated rings. The molecule has 8 heteroatoms. The number of rotatable bonds is 9. The lowest BCUT2D eigenvalue weighted by Gasteiger charge is -2.16. The Bertz CT molecular complexity index is 906. The second-order valence-corrected chi connectivity index (χ2v) is 7.46. The number of benzene rings is 2. The Kier molecular flexibility index (Phi) is 10.6. The van der Waals surface area contributed by atoms with E-state index in [0.717, 1.165) is 29.9 Å². The first kappa shape index (κ1) is 25.8. The number of fused-ring (bicyclic) bond motifs is 1. The van der Waals surface area contributed by atoms with Gasteiger partial charge in [-0.3, -0.25) is 9.79 Å². The number of hydrogen-bond donors (Lipinski definition) is 3. The highest BCUT2D eigenvalue weighted by molar-refractivity contribution is 14.0. The summed E-state index contributed by atoms with van der Waals surface area (Å²) < 4.78 is 11.7. The van der Waals surface area contributed by atoms with Crippen LogP contribution in [0.5, 0.6) is 11.5 Å². The quantitative estimate of drug-likeness (QED) is 0.192. The molecule has 1 aliphatic rings. The predicted octanol–water partition coefficient (Wildman–Crippen LogP) is 3.51. The van der Waals surface area contributed by atoms with Crippen LogP contribution in [0.4, 0.5) is 0 Å². The van der Waals surface area contributed by atoms with Gasteiger partial charge in [0.25, 0.3) is 5.91 Å². The van der Waals surface area contributed by atoms with Crippen LogP contribution in [-0.2, 0) is 13.0 Å². The van der Waals surface area contributed by atoms with Crippen LogP contribution >= 0.6 is 24.0 Å². The molecule has 2 aromatic carbocycles. The third kappa shape index (κ3) is 7.29. The van der Waals surface area contributed by atoms with Gasteiger partial charge in [-0.15, -0.1) is 24.0 Å². The first-order valence-electron chi connectivity index (χ1n) is 10.8. The molecule has 1 unspecified atom stereocenters. The number of ether oxygens (including phenoxy) is 2. The van der Waals surface area contributed by atoms with Crippen LogP contribution < -0.4 is 25.4 Å². The molecule has 3 N–H and O–H groups in total. The summed E-state index contributed by atoms with van der Waals surface area (Å²) in [6.07, 6.45) is 1.89. The molecule has 1 heterocycles. The SMILES string of the molecule is CCOc1cc2c(cc1CNC(=NC)NCCCNC(=O)c1ccccc1)OC(C)C2.I. The maximum absolute atomic E-state index is 12.1. The summed E-state index contributed by atoms with van der Waals surface area (Å²) in [5, 5.41) is 9.54. The number of hydrogen-bond acceptors (Lipinski definition) is 4. The second-order valence-electron chi connectivity index (χ2n) is 7.46. The molecule has 0 aliphatic carbocycles. The van der Waals surface area contributed by atoms with Crippen molar-refractivity contribution in [3.8, 4) is 11.5 Å². The molecule has 0 spiro atoms. The highest BCUT2D eigenvalue weighted by Gasteiger charge is 2.21. The topological polar surface area (TPSA) is 84.0 Å². The van der Waals surface area contributed by atoms with Crippen molar-refractivity contribution < 1.29 is 14.3 Å². The standard InChI is InChI=1S/C24H32N4O3.HI/c1-4-30-21-14-19-13-17(2)31-22(19)15-20(21)16-28-24(25-3)27-12-8-11-26-23(29)18-9-6-5-7-10-18;/h5-7,9-10,14-15,17H,4,8,11-13,16H2,1-3H3,(H,26,29)(H2,25,27,28);1H. The van der Waals surface area contributed by atoms with E-state index in [1.54, 1.807) is 19.2 Å². The minimum atomic E-state index is -0.0558. The molecule has 7 nitrogen and oxygen atoms in total. The van der Waals surface area contributed by atoms with Gasteiger partial charge in [0.05, 0.1) is 6.61 Å². The van der Waals surface area contributed by atoms with Gasteiger partial charge in [0.15, 0.2) is 5.96 Å². The third-order valence-corrected chi connectivity index (χ3v) is 5.02. The molecule has 1 aliphatic heterocycles. The maximum atomic E-state index is 12.1. The van der Waals surface area contributed by atoms with Gasteiger partial charge < -0.3 is 25.4 Å². The third-order valence-electron chi connectivity index (χ3n) is 5.02. The molecule has 1 amide bonds. The molecular formula is C24H33IN4O3. The molecule has 0 aromatic heterocycles. The molecule has 0 saturated heterocycles. The Hall–Kier alpha value is -2.49. The second kappa shape index (κ2) is 13.1. The number of carbonyl (C=O) groups is 1. The molecule has 174 valence electrons. The maximum Gasteiger partial charge on any atom is 0.251 e. The van der Waals surface area contributed by atoms with Crippen LogP contribution in [0.15, 0.2) is 47.5 Å². The Morgan fingerprint density at radius 3 is 2.62 bits per heavy atom. The number of carbonyl (C=O) groups excluding carboxylic acids is 1. The molecule has 0 saturated carbocycles. The summed E-state index contributed by atoms with van der Waals surface area (Å²) in [5.41, 5.74) is 2.90. The average molecular weight is 552 g/mol. The number of guanidine groups is 1. The van der Waals surface area contributed by atoms with E-state index in [1.807, 2.05) is 25.1 Å². The van der Waals surface area contributed by atoms with Crippen molar-refractivity contribution in [2.45, 2.75) is 39.3 Å². The van der Waals surface area contributed by atoms with E-state index in [0.29, 0.717) is 37.8 Å². The number of halogens is 1. The van der Waals surface area contributed by atoms with E-state index in [-0.39, 0.29) is 36.0 Å². The monoisotopic (exact) mass is 552 g/mol. The van der Waals surface area contributed by atoms with Gasteiger partial charge in [0.1, 0.15) is 17.6 Å². The molecule has 0 bridgehead atoms. The molecule has 3 rings (SSSR count). The zero-order chi connectivity index (χ0) is 22.1. The van der Waals surface area contributed by atoms with Crippen LogP contribution in [-0.4, -0.2) is 44.7 Å². The number of aliphatic imine (C=N–C) groups is 1. The molecule has 2 aromatic rings. The van der Waals surface area contributed by atoms with Gasteiger partial charge in [0, 0.05) is 49.8 Å². The Morgan fingerprint density at radius 2 is 1.91 bits per heavy atom. The molecule has 0 radical (unpaired) electrons. The Balaban J connectivity index is 0.00000363. The van der Waals surface area contributed by atoms with Gasteiger partial charge in [-0.25, -0.2) is 0 Å². The van der Waals surface area contributed by atoms with Gasteiger partial charge >= 0.3 is 0 Å². The summed E-state index contributed by atoms with van der Waals surface area (Å²) in [7, 11) is 1.74. The largest absolute Gasteiger partial charge is 0.494 e. The number of nitrogens with zero attached hydrogens (tertiary/aromatic N) is 1. The molecule has 32 heavy (non-hydrogen) atoms. The van der Waals surface area contributed by atoms with Gasteiger partial charge in [-0.2, -0.15) is 0 Å². The fourth-order valence-electron chi connectivity index (χ4n) is 3.50. The molecule has 1 atom stereocenters. The zero-order valence-electron chi connectivity index (χ0n) is 18.9. The van der Waals surface area contributed by atoms with Crippen molar-refractivity contribution in [2.24, 2.45) is 4.99 Å². The van der Waals surface area contributed by atoms with Crippen LogP contribution in [0.2, 0.25) is 0 Å². The summed E-state index contributed by atoms with van der Waals surface area (Å²) in [4.78, 5) is 16.3. The van der Waals surface area contributed by atoms with E-state index < -0.39 is 0 Å². The van der Waals surface area contributed by atoms with Crippen molar-refractivity contribution in [3.63, 3.8) is 0 Å². The van der Waals surface area contributed by atoms with Crippen LogP contribution in [0, 0.1) is 0 Å². The Morgan fingerprint density at radius 1 is 1.16 bits per heavy atom. The summed E-state index contributed by atoms with van der Waals surface area (Å²) in [6.45, 7) is 6.53. The average Bonchev–Trinajstić information content (AvgIpc) is 3.15. The predicted molar refractivity (Wildman–Crippen MR) is 138 cm³/mol. The first-order valence-corrected chi connectivity index (χ1v) is 10.8. The lowest BCUT2D eigenvalue weighted by Crippen LogP contribution is -2.38. The zero-order valence-corrected chi connectivity index (χ0v) is 21.3.